The van der Waals surface area contributed by atoms with E-state index in [9.17, 15) is 14.4 Å². The minimum absolute atomic E-state index is 0.0241. The molecule has 0 aliphatic heterocycles. The summed E-state index contributed by atoms with van der Waals surface area (Å²) in [6.45, 7) is 1.30. The van der Waals surface area contributed by atoms with Crippen molar-refractivity contribution in [3.8, 4) is 0 Å². The van der Waals surface area contributed by atoms with Crippen molar-refractivity contribution in [1.29, 1.82) is 0 Å². The van der Waals surface area contributed by atoms with Gasteiger partial charge in [0.2, 0.25) is 5.91 Å². The normalized spacial score (nSPS) is 10.7. The molecular formula is C20H22N4O3. The molecule has 0 saturated carbocycles. The summed E-state index contributed by atoms with van der Waals surface area (Å²) in [6, 6.07) is 16.0. The number of nitrogens with one attached hydrogen (secondary N) is 3. The van der Waals surface area contributed by atoms with E-state index >= 15 is 0 Å². The third-order valence-electron chi connectivity index (χ3n) is 3.58. The van der Waals surface area contributed by atoms with Crippen LogP contribution >= 0.6 is 0 Å². The zero-order valence-corrected chi connectivity index (χ0v) is 15.4. The second-order valence-electron chi connectivity index (χ2n) is 6.00. The molecule has 0 aromatic heterocycles. The molecule has 0 heterocycles. The van der Waals surface area contributed by atoms with E-state index in [0.717, 1.165) is 11.3 Å². The number of carbonyl (C=O) groups is 3. The fourth-order valence-electron chi connectivity index (χ4n) is 2.24. The monoisotopic (exact) mass is 366 g/mol. The lowest BCUT2D eigenvalue weighted by atomic mass is 10.2. The van der Waals surface area contributed by atoms with Gasteiger partial charge in [0, 0.05) is 32.3 Å². The van der Waals surface area contributed by atoms with Crippen LogP contribution in [0.4, 0.5) is 5.69 Å². The molecule has 140 valence electrons. The zero-order valence-electron chi connectivity index (χ0n) is 15.4. The highest BCUT2D eigenvalue weighted by Crippen LogP contribution is 2.13. The molecule has 2 rings (SSSR count). The van der Waals surface area contributed by atoms with E-state index in [1.54, 1.807) is 30.3 Å². The number of rotatable bonds is 5. The topological polar surface area (TPSA) is 90.5 Å². The lowest BCUT2D eigenvalue weighted by molar-refractivity contribution is -0.122. The molecule has 0 radical (unpaired) electrons. The van der Waals surface area contributed by atoms with Gasteiger partial charge < -0.3 is 10.2 Å². The first-order valence-corrected chi connectivity index (χ1v) is 8.29. The number of hydrogen-bond donors (Lipinski definition) is 3. The first-order chi connectivity index (χ1) is 12.9. The maximum absolute atomic E-state index is 12.4. The second kappa shape index (κ2) is 9.19. The number of hydrogen-bond acceptors (Lipinski definition) is 4. The third-order valence-corrected chi connectivity index (χ3v) is 3.58. The molecule has 0 aliphatic rings. The molecule has 0 unspecified atom stereocenters. The van der Waals surface area contributed by atoms with Gasteiger partial charge in [-0.1, -0.05) is 36.4 Å². The summed E-state index contributed by atoms with van der Waals surface area (Å²) in [4.78, 5) is 37.9. The number of benzene rings is 2. The van der Waals surface area contributed by atoms with Crippen LogP contribution in [0.15, 0.2) is 60.3 Å². The van der Waals surface area contributed by atoms with Crippen LogP contribution in [0.5, 0.6) is 0 Å². The largest absolute Gasteiger partial charge is 0.378 e. The standard InChI is InChI=1S/C20H22N4O3/c1-14(25)21-18(12-15-8-5-4-6-9-15)20(27)23-22-19(26)16-10-7-11-17(13-16)24(2)3/h4-13H,1-3H3,(H,21,25)(H,22,26)(H,23,27)/b18-12-. The van der Waals surface area contributed by atoms with E-state index in [0.29, 0.717) is 5.56 Å². The molecule has 27 heavy (non-hydrogen) atoms. The number of hydrazine groups is 1. The van der Waals surface area contributed by atoms with E-state index in [1.165, 1.54) is 13.0 Å². The summed E-state index contributed by atoms with van der Waals surface area (Å²) >= 11 is 0. The Balaban J connectivity index is 2.09. The lowest BCUT2D eigenvalue weighted by Crippen LogP contribution is -2.45. The van der Waals surface area contributed by atoms with Gasteiger partial charge in [0.15, 0.2) is 0 Å². The second-order valence-corrected chi connectivity index (χ2v) is 6.00. The third kappa shape index (κ3) is 6.00. The number of anilines is 1. The Morgan fingerprint density at radius 2 is 1.63 bits per heavy atom. The Bertz CT molecular complexity index is 861. The summed E-state index contributed by atoms with van der Waals surface area (Å²) in [6.07, 6.45) is 1.52. The van der Waals surface area contributed by atoms with Crippen LogP contribution in [0, 0.1) is 0 Å². The maximum atomic E-state index is 12.4. The van der Waals surface area contributed by atoms with E-state index < -0.39 is 17.7 Å². The Labute approximate surface area is 158 Å². The first kappa shape index (κ1) is 19.7. The van der Waals surface area contributed by atoms with Crippen LogP contribution in [0.1, 0.15) is 22.8 Å². The van der Waals surface area contributed by atoms with Gasteiger partial charge in [0.05, 0.1) is 0 Å². The number of carbonyl (C=O) groups excluding carboxylic acids is 3. The van der Waals surface area contributed by atoms with Gasteiger partial charge in [0.25, 0.3) is 11.8 Å². The van der Waals surface area contributed by atoms with Crippen LogP contribution in [0.2, 0.25) is 0 Å². The average molecular weight is 366 g/mol. The molecule has 3 N–H and O–H groups in total. The maximum Gasteiger partial charge on any atom is 0.286 e. The molecule has 7 heteroatoms. The van der Waals surface area contributed by atoms with Crippen LogP contribution in [-0.4, -0.2) is 31.8 Å². The predicted octanol–water partition coefficient (Wildman–Crippen LogP) is 1.69. The van der Waals surface area contributed by atoms with E-state index in [2.05, 4.69) is 16.2 Å². The van der Waals surface area contributed by atoms with Crippen molar-refractivity contribution in [3.63, 3.8) is 0 Å². The Morgan fingerprint density at radius 1 is 0.926 bits per heavy atom. The summed E-state index contributed by atoms with van der Waals surface area (Å²) < 4.78 is 0. The van der Waals surface area contributed by atoms with Crippen molar-refractivity contribution in [2.45, 2.75) is 6.92 Å². The van der Waals surface area contributed by atoms with Crippen LogP contribution in [0.3, 0.4) is 0 Å². The number of nitrogens with zero attached hydrogens (tertiary/aromatic N) is 1. The SMILES string of the molecule is CC(=O)N/C(=C\c1ccccc1)C(=O)NNC(=O)c1cccc(N(C)C)c1. The predicted molar refractivity (Wildman–Crippen MR) is 105 cm³/mol. The van der Waals surface area contributed by atoms with Crippen molar-refractivity contribution in [2.75, 3.05) is 19.0 Å². The summed E-state index contributed by atoms with van der Waals surface area (Å²) in [5.74, 6) is -1.49. The van der Waals surface area contributed by atoms with Gasteiger partial charge in [-0.3, -0.25) is 25.2 Å². The molecule has 0 aliphatic carbocycles. The zero-order chi connectivity index (χ0) is 19.8. The van der Waals surface area contributed by atoms with Gasteiger partial charge in [-0.25, -0.2) is 0 Å². The minimum Gasteiger partial charge on any atom is -0.378 e. The molecule has 0 saturated heterocycles. The highest BCUT2D eigenvalue weighted by Gasteiger charge is 2.13. The van der Waals surface area contributed by atoms with Gasteiger partial charge in [-0.05, 0) is 29.8 Å². The molecule has 7 nitrogen and oxygen atoms in total. The average Bonchev–Trinajstić information content (AvgIpc) is 2.65. The quantitative estimate of drug-likeness (QED) is 0.555. The molecule has 2 aromatic carbocycles. The summed E-state index contributed by atoms with van der Waals surface area (Å²) in [5.41, 5.74) is 6.69. The Kier molecular flexibility index (Phi) is 6.71. The van der Waals surface area contributed by atoms with Crippen LogP contribution in [-0.2, 0) is 9.59 Å². The van der Waals surface area contributed by atoms with Crippen molar-refractivity contribution < 1.29 is 14.4 Å². The molecule has 3 amide bonds. The van der Waals surface area contributed by atoms with Crippen LogP contribution < -0.4 is 21.1 Å². The highest BCUT2D eigenvalue weighted by molar-refractivity contribution is 6.03. The minimum atomic E-state index is -0.633. The van der Waals surface area contributed by atoms with Crippen molar-refractivity contribution >= 4 is 29.5 Å². The van der Waals surface area contributed by atoms with Crippen molar-refractivity contribution in [2.24, 2.45) is 0 Å². The van der Waals surface area contributed by atoms with Crippen molar-refractivity contribution in [3.05, 3.63) is 71.4 Å². The fourth-order valence-corrected chi connectivity index (χ4v) is 2.24. The van der Waals surface area contributed by atoms with Gasteiger partial charge in [0.1, 0.15) is 5.70 Å². The molecule has 0 bridgehead atoms. The van der Waals surface area contributed by atoms with E-state index in [4.69, 9.17) is 0 Å². The molecule has 0 fully saturated rings. The Morgan fingerprint density at radius 3 is 2.26 bits per heavy atom. The van der Waals surface area contributed by atoms with Gasteiger partial charge in [-0.15, -0.1) is 0 Å². The first-order valence-electron chi connectivity index (χ1n) is 8.29. The van der Waals surface area contributed by atoms with Gasteiger partial charge in [-0.2, -0.15) is 0 Å². The molecular weight excluding hydrogens is 344 g/mol. The molecule has 0 spiro atoms. The number of amides is 3. The van der Waals surface area contributed by atoms with Crippen LogP contribution in [0.25, 0.3) is 6.08 Å². The summed E-state index contributed by atoms with van der Waals surface area (Å²) in [5, 5.41) is 2.47. The highest BCUT2D eigenvalue weighted by atomic mass is 16.2. The molecule has 2 aromatic rings. The van der Waals surface area contributed by atoms with Gasteiger partial charge >= 0.3 is 0 Å². The van der Waals surface area contributed by atoms with E-state index in [1.807, 2.05) is 43.3 Å². The summed E-state index contributed by atoms with van der Waals surface area (Å²) in [7, 11) is 3.74. The van der Waals surface area contributed by atoms with E-state index in [-0.39, 0.29) is 5.70 Å². The Hall–Kier alpha value is -3.61. The van der Waals surface area contributed by atoms with Crippen molar-refractivity contribution in [1.82, 2.24) is 16.2 Å². The molecule has 0 atom stereocenters. The smallest absolute Gasteiger partial charge is 0.286 e. The fraction of sp³-hybridized carbons (Fsp3) is 0.150. The lowest BCUT2D eigenvalue weighted by Gasteiger charge is -2.14.